The van der Waals surface area contributed by atoms with E-state index in [1.54, 1.807) is 0 Å². The van der Waals surface area contributed by atoms with Crippen LogP contribution in [0.2, 0.25) is 5.02 Å². The molecule has 1 fully saturated rings. The van der Waals surface area contributed by atoms with Crippen molar-refractivity contribution in [2.24, 2.45) is 0 Å². The van der Waals surface area contributed by atoms with Crippen molar-refractivity contribution >= 4 is 27.5 Å². The van der Waals surface area contributed by atoms with Crippen molar-refractivity contribution in [1.82, 2.24) is 0 Å². The van der Waals surface area contributed by atoms with Gasteiger partial charge in [0, 0.05) is 10.6 Å². The van der Waals surface area contributed by atoms with Crippen LogP contribution in [-0.4, -0.2) is 18.0 Å². The molecular formula is C11H12BrClO2. The van der Waals surface area contributed by atoms with Crippen LogP contribution in [0.25, 0.3) is 0 Å². The van der Waals surface area contributed by atoms with Gasteiger partial charge in [-0.05, 0) is 19.1 Å². The lowest BCUT2D eigenvalue weighted by Crippen LogP contribution is -2.29. The van der Waals surface area contributed by atoms with Crippen molar-refractivity contribution in [3.63, 3.8) is 0 Å². The summed E-state index contributed by atoms with van der Waals surface area (Å²) in [5.74, 6) is -0.649. The van der Waals surface area contributed by atoms with Gasteiger partial charge in [0.25, 0.3) is 0 Å². The van der Waals surface area contributed by atoms with Gasteiger partial charge in [0.05, 0.1) is 18.0 Å². The van der Waals surface area contributed by atoms with E-state index < -0.39 is 5.79 Å². The first-order valence-corrected chi connectivity index (χ1v) is 6.30. The molecule has 0 aliphatic carbocycles. The number of rotatable bonds is 2. The number of alkyl halides is 1. The van der Waals surface area contributed by atoms with E-state index in [-0.39, 0.29) is 6.10 Å². The average Bonchev–Trinajstić information content (AvgIpc) is 2.62. The fourth-order valence-electron chi connectivity index (χ4n) is 1.65. The fraction of sp³-hybridized carbons (Fsp3) is 0.455. The van der Waals surface area contributed by atoms with Gasteiger partial charge in [-0.25, -0.2) is 0 Å². The largest absolute Gasteiger partial charge is 0.342 e. The summed E-state index contributed by atoms with van der Waals surface area (Å²) >= 11 is 9.28. The first-order chi connectivity index (χ1) is 7.16. The van der Waals surface area contributed by atoms with Gasteiger partial charge < -0.3 is 9.47 Å². The molecule has 1 aliphatic heterocycles. The van der Waals surface area contributed by atoms with Crippen LogP contribution in [0, 0.1) is 0 Å². The fourth-order valence-corrected chi connectivity index (χ4v) is 2.39. The zero-order chi connectivity index (χ0) is 10.9. The van der Waals surface area contributed by atoms with Crippen LogP contribution in [0.4, 0.5) is 0 Å². The Morgan fingerprint density at radius 1 is 1.47 bits per heavy atom. The van der Waals surface area contributed by atoms with E-state index in [9.17, 15) is 0 Å². The monoisotopic (exact) mass is 290 g/mol. The van der Waals surface area contributed by atoms with Gasteiger partial charge >= 0.3 is 0 Å². The van der Waals surface area contributed by atoms with Gasteiger partial charge in [0.2, 0.25) is 5.79 Å². The van der Waals surface area contributed by atoms with Crippen molar-refractivity contribution < 1.29 is 9.47 Å². The van der Waals surface area contributed by atoms with E-state index in [1.165, 1.54) is 0 Å². The predicted molar refractivity (Wildman–Crippen MR) is 63.4 cm³/mol. The Morgan fingerprint density at radius 3 is 2.60 bits per heavy atom. The number of halogens is 2. The summed E-state index contributed by atoms with van der Waals surface area (Å²) in [5.41, 5.74) is 0.994. The van der Waals surface area contributed by atoms with Crippen molar-refractivity contribution in [2.45, 2.75) is 18.8 Å². The van der Waals surface area contributed by atoms with Gasteiger partial charge in [-0.2, -0.15) is 0 Å². The molecule has 0 bridgehead atoms. The molecule has 2 rings (SSSR count). The topological polar surface area (TPSA) is 18.5 Å². The molecule has 0 amide bonds. The number of hydrogen-bond acceptors (Lipinski definition) is 2. The van der Waals surface area contributed by atoms with Crippen LogP contribution in [0.15, 0.2) is 24.3 Å². The Labute approximate surface area is 103 Å². The van der Waals surface area contributed by atoms with Crippen molar-refractivity contribution in [3.05, 3.63) is 34.9 Å². The molecule has 2 unspecified atom stereocenters. The summed E-state index contributed by atoms with van der Waals surface area (Å²) < 4.78 is 11.5. The summed E-state index contributed by atoms with van der Waals surface area (Å²) in [6.07, 6.45) is 0.123. The molecule has 2 nitrogen and oxygen atoms in total. The second-order valence-corrected chi connectivity index (χ2v) is 4.63. The second kappa shape index (κ2) is 4.42. The molecule has 82 valence electrons. The minimum Gasteiger partial charge on any atom is -0.342 e. The lowest BCUT2D eigenvalue weighted by atomic mass is 10.1. The highest BCUT2D eigenvalue weighted by Crippen LogP contribution is 2.36. The molecule has 0 radical (unpaired) electrons. The molecule has 1 aliphatic rings. The SMILES string of the molecule is CC1COC(CBr)(c2ccc(Cl)cc2)O1. The number of benzene rings is 1. The van der Waals surface area contributed by atoms with Crippen LogP contribution in [0.3, 0.4) is 0 Å². The number of hydrogen-bond donors (Lipinski definition) is 0. The molecule has 1 aromatic carbocycles. The van der Waals surface area contributed by atoms with Crippen LogP contribution < -0.4 is 0 Å². The smallest absolute Gasteiger partial charge is 0.205 e. The molecular weight excluding hydrogens is 279 g/mol. The van der Waals surface area contributed by atoms with E-state index >= 15 is 0 Å². The first-order valence-electron chi connectivity index (χ1n) is 4.80. The van der Waals surface area contributed by atoms with Gasteiger partial charge in [0.1, 0.15) is 0 Å². The third-order valence-electron chi connectivity index (χ3n) is 2.40. The van der Waals surface area contributed by atoms with Gasteiger partial charge in [-0.3, -0.25) is 0 Å². The van der Waals surface area contributed by atoms with E-state index in [0.717, 1.165) is 10.6 Å². The summed E-state index contributed by atoms with van der Waals surface area (Å²) in [4.78, 5) is 0. The molecule has 2 atom stereocenters. The van der Waals surface area contributed by atoms with Crippen LogP contribution in [-0.2, 0) is 15.3 Å². The summed E-state index contributed by atoms with van der Waals surface area (Å²) in [6, 6.07) is 7.55. The molecule has 0 saturated carbocycles. The molecule has 1 saturated heterocycles. The third kappa shape index (κ3) is 2.21. The zero-order valence-corrected chi connectivity index (χ0v) is 10.7. The van der Waals surface area contributed by atoms with E-state index in [1.807, 2.05) is 31.2 Å². The Morgan fingerprint density at radius 2 is 2.13 bits per heavy atom. The summed E-state index contributed by atoms with van der Waals surface area (Å²) in [5, 5.41) is 1.33. The maximum absolute atomic E-state index is 5.84. The van der Waals surface area contributed by atoms with E-state index in [2.05, 4.69) is 15.9 Å². The number of ether oxygens (including phenoxy) is 2. The minimum atomic E-state index is -0.649. The maximum atomic E-state index is 5.84. The quantitative estimate of drug-likeness (QED) is 0.778. The lowest BCUT2D eigenvalue weighted by molar-refractivity contribution is -0.154. The standard InChI is InChI=1S/C11H12BrClO2/c1-8-6-14-11(7-12,15-8)9-2-4-10(13)5-3-9/h2-5,8H,6-7H2,1H3. The first kappa shape index (κ1) is 11.4. The highest BCUT2D eigenvalue weighted by molar-refractivity contribution is 9.09. The maximum Gasteiger partial charge on any atom is 0.205 e. The highest BCUT2D eigenvalue weighted by Gasteiger charge is 2.40. The second-order valence-electron chi connectivity index (χ2n) is 3.63. The van der Waals surface area contributed by atoms with Crippen LogP contribution in [0.1, 0.15) is 12.5 Å². The van der Waals surface area contributed by atoms with Crippen LogP contribution >= 0.6 is 27.5 Å². The van der Waals surface area contributed by atoms with Crippen molar-refractivity contribution in [1.29, 1.82) is 0 Å². The van der Waals surface area contributed by atoms with Crippen LogP contribution in [0.5, 0.6) is 0 Å². The Hall–Kier alpha value is -0.0900. The molecule has 0 spiro atoms. The Balaban J connectivity index is 2.30. The predicted octanol–water partition coefficient (Wildman–Crippen LogP) is 3.32. The molecule has 0 aromatic heterocycles. The Kier molecular flexibility index (Phi) is 3.36. The molecule has 4 heteroatoms. The van der Waals surface area contributed by atoms with Gasteiger partial charge in [-0.1, -0.05) is 39.7 Å². The summed E-state index contributed by atoms with van der Waals surface area (Å²) in [7, 11) is 0. The highest BCUT2D eigenvalue weighted by atomic mass is 79.9. The third-order valence-corrected chi connectivity index (χ3v) is 3.39. The van der Waals surface area contributed by atoms with Gasteiger partial charge in [0.15, 0.2) is 0 Å². The molecule has 15 heavy (non-hydrogen) atoms. The van der Waals surface area contributed by atoms with Crippen molar-refractivity contribution in [2.75, 3.05) is 11.9 Å². The molecule has 1 aromatic rings. The average molecular weight is 292 g/mol. The van der Waals surface area contributed by atoms with Crippen molar-refractivity contribution in [3.8, 4) is 0 Å². The molecule has 1 heterocycles. The summed E-state index contributed by atoms with van der Waals surface area (Å²) in [6.45, 7) is 2.62. The molecule has 0 N–H and O–H groups in total. The van der Waals surface area contributed by atoms with E-state index in [4.69, 9.17) is 21.1 Å². The van der Waals surface area contributed by atoms with Gasteiger partial charge in [-0.15, -0.1) is 0 Å². The lowest BCUT2D eigenvalue weighted by Gasteiger charge is -2.26. The zero-order valence-electron chi connectivity index (χ0n) is 8.37. The normalized spacial score (nSPS) is 30.7. The Bertz CT molecular complexity index is 341. The van der Waals surface area contributed by atoms with E-state index in [0.29, 0.717) is 11.9 Å². The minimum absolute atomic E-state index is 0.123.